The molecular formula is C25H29F4N3O5. The molecule has 2 amide bonds. The average molecular weight is 528 g/mol. The molecule has 202 valence electrons. The first-order chi connectivity index (χ1) is 17.2. The van der Waals surface area contributed by atoms with Crippen LogP contribution in [0.25, 0.3) is 0 Å². The van der Waals surface area contributed by atoms with Crippen LogP contribution >= 0.6 is 0 Å². The van der Waals surface area contributed by atoms with Crippen LogP contribution in [0.3, 0.4) is 0 Å². The summed E-state index contributed by atoms with van der Waals surface area (Å²) in [7, 11) is 0. The Morgan fingerprint density at radius 2 is 1.73 bits per heavy atom. The van der Waals surface area contributed by atoms with E-state index in [4.69, 9.17) is 20.9 Å². The van der Waals surface area contributed by atoms with Crippen LogP contribution in [0.15, 0.2) is 42.5 Å². The highest BCUT2D eigenvalue weighted by molar-refractivity contribution is 5.95. The number of piperidine rings is 1. The summed E-state index contributed by atoms with van der Waals surface area (Å²) in [4.78, 5) is 25.8. The topological polar surface area (TPSA) is 117 Å². The number of halogens is 4. The van der Waals surface area contributed by atoms with Crippen molar-refractivity contribution in [2.24, 2.45) is 11.5 Å². The molecule has 0 unspecified atom stereocenters. The lowest BCUT2D eigenvalue weighted by Crippen LogP contribution is -2.49. The van der Waals surface area contributed by atoms with Gasteiger partial charge in [0.25, 0.3) is 5.91 Å². The quantitative estimate of drug-likeness (QED) is 0.483. The maximum absolute atomic E-state index is 15.0. The fourth-order valence-corrected chi connectivity index (χ4v) is 3.66. The lowest BCUT2D eigenvalue weighted by atomic mass is 10.0. The number of benzene rings is 2. The van der Waals surface area contributed by atoms with Crippen molar-refractivity contribution in [3.63, 3.8) is 0 Å². The second-order valence-corrected chi connectivity index (χ2v) is 9.47. The predicted molar refractivity (Wildman–Crippen MR) is 126 cm³/mol. The monoisotopic (exact) mass is 527 g/mol. The number of primary amides is 1. The van der Waals surface area contributed by atoms with Gasteiger partial charge in [-0.2, -0.15) is 0 Å². The van der Waals surface area contributed by atoms with Gasteiger partial charge in [-0.1, -0.05) is 12.1 Å². The number of hydrogen-bond acceptors (Lipinski definition) is 6. The Kier molecular flexibility index (Phi) is 8.52. The highest BCUT2D eigenvalue weighted by Gasteiger charge is 2.34. The summed E-state index contributed by atoms with van der Waals surface area (Å²) in [6, 6.07) is 9.31. The molecule has 37 heavy (non-hydrogen) atoms. The van der Waals surface area contributed by atoms with E-state index in [0.29, 0.717) is 11.3 Å². The second kappa shape index (κ2) is 11.2. The van der Waals surface area contributed by atoms with E-state index >= 15 is 4.39 Å². The van der Waals surface area contributed by atoms with Crippen LogP contribution in [0.1, 0.15) is 36.2 Å². The van der Waals surface area contributed by atoms with Crippen LogP contribution in [-0.2, 0) is 11.2 Å². The molecule has 1 aliphatic heterocycles. The third kappa shape index (κ3) is 8.52. The summed E-state index contributed by atoms with van der Waals surface area (Å²) in [5, 5.41) is 0. The van der Waals surface area contributed by atoms with E-state index in [-0.39, 0.29) is 49.8 Å². The normalized spacial score (nSPS) is 18.3. The summed E-state index contributed by atoms with van der Waals surface area (Å²) in [5.41, 5.74) is 11.3. The van der Waals surface area contributed by atoms with Gasteiger partial charge in [0.15, 0.2) is 6.17 Å². The second-order valence-electron chi connectivity index (χ2n) is 9.47. The number of amides is 2. The molecule has 2 aromatic carbocycles. The first kappa shape index (κ1) is 28.0. The van der Waals surface area contributed by atoms with E-state index in [1.54, 1.807) is 13.8 Å². The van der Waals surface area contributed by atoms with Crippen molar-refractivity contribution in [2.75, 3.05) is 19.7 Å². The van der Waals surface area contributed by atoms with Crippen LogP contribution in [0, 0.1) is 0 Å². The van der Waals surface area contributed by atoms with Crippen molar-refractivity contribution >= 4 is 11.8 Å². The van der Waals surface area contributed by atoms with Crippen molar-refractivity contribution in [1.29, 1.82) is 0 Å². The molecule has 1 saturated heterocycles. The largest absolute Gasteiger partial charge is 0.573 e. The molecule has 0 radical (unpaired) electrons. The molecule has 1 heterocycles. The lowest BCUT2D eigenvalue weighted by molar-refractivity contribution is -0.274. The van der Waals surface area contributed by atoms with E-state index in [1.165, 1.54) is 35.2 Å². The zero-order valence-corrected chi connectivity index (χ0v) is 20.4. The number of likely N-dealkylation sites (tertiary alicyclic amines) is 1. The number of hydrogen-bond donors (Lipinski definition) is 2. The van der Waals surface area contributed by atoms with Crippen molar-refractivity contribution in [3.8, 4) is 17.2 Å². The predicted octanol–water partition coefficient (Wildman–Crippen LogP) is 3.36. The average Bonchev–Trinajstić information content (AvgIpc) is 2.79. The van der Waals surface area contributed by atoms with Gasteiger partial charge < -0.3 is 30.6 Å². The number of nitrogens with two attached hydrogens (primary N) is 2. The number of carbonyl (C=O) groups excluding carboxylic acids is 2. The Morgan fingerprint density at radius 1 is 1.08 bits per heavy atom. The highest BCUT2D eigenvalue weighted by atomic mass is 19.4. The van der Waals surface area contributed by atoms with Gasteiger partial charge in [-0.3, -0.25) is 9.59 Å². The van der Waals surface area contributed by atoms with Crippen molar-refractivity contribution in [2.45, 2.75) is 50.9 Å². The Morgan fingerprint density at radius 3 is 2.30 bits per heavy atom. The van der Waals surface area contributed by atoms with E-state index in [2.05, 4.69) is 4.74 Å². The van der Waals surface area contributed by atoms with E-state index in [0.717, 1.165) is 12.1 Å². The molecule has 8 nitrogen and oxygen atoms in total. The Hall–Kier alpha value is -3.54. The molecule has 1 fully saturated rings. The lowest BCUT2D eigenvalue weighted by Gasteiger charge is -2.35. The molecule has 0 aliphatic carbocycles. The number of carbonyl (C=O) groups is 2. The van der Waals surface area contributed by atoms with Crippen LogP contribution in [0.5, 0.6) is 17.2 Å². The van der Waals surface area contributed by atoms with E-state index in [1.807, 2.05) is 0 Å². The van der Waals surface area contributed by atoms with Crippen molar-refractivity contribution in [3.05, 3.63) is 53.6 Å². The van der Waals surface area contributed by atoms with Gasteiger partial charge in [0.1, 0.15) is 30.0 Å². The Bertz CT molecular complexity index is 1100. The SMILES string of the molecule is CC(C)(N)COc1ccc(C(N)=O)c(O[C@@H]2CCN(C(=O)Cc3ccc(OC(F)(F)F)cc3)C[C@@H]2F)c1. The molecule has 0 aromatic heterocycles. The van der Waals surface area contributed by atoms with Gasteiger partial charge in [0.2, 0.25) is 5.91 Å². The standard InChI is InChI=1S/C25H29F4N3O5/c1-24(2,31)14-35-17-7-8-18(23(30)34)21(12-17)36-20-9-10-32(13-19(20)26)22(33)11-15-3-5-16(6-4-15)37-25(27,28)29/h3-8,12,19-20H,9-11,13-14,31H2,1-2H3,(H2,30,34)/t19-,20+/m0/s1. The smallest absolute Gasteiger partial charge is 0.492 e. The number of alkyl halides is 4. The van der Waals surface area contributed by atoms with Gasteiger partial charge in [0, 0.05) is 24.6 Å². The molecule has 2 aromatic rings. The maximum Gasteiger partial charge on any atom is 0.573 e. The highest BCUT2D eigenvalue weighted by Crippen LogP contribution is 2.29. The molecule has 3 rings (SSSR count). The molecule has 4 N–H and O–H groups in total. The van der Waals surface area contributed by atoms with Gasteiger partial charge in [-0.25, -0.2) is 4.39 Å². The first-order valence-corrected chi connectivity index (χ1v) is 11.5. The van der Waals surface area contributed by atoms with Crippen LogP contribution in [-0.4, -0.2) is 60.6 Å². The zero-order chi connectivity index (χ0) is 27.4. The fraction of sp³-hybridized carbons (Fsp3) is 0.440. The number of nitrogens with zero attached hydrogens (tertiary/aromatic N) is 1. The summed E-state index contributed by atoms with van der Waals surface area (Å²) in [5.74, 6) is -1.11. The van der Waals surface area contributed by atoms with Crippen molar-refractivity contribution < 1.29 is 41.4 Å². The van der Waals surface area contributed by atoms with Gasteiger partial charge in [-0.15, -0.1) is 13.2 Å². The maximum atomic E-state index is 15.0. The Balaban J connectivity index is 1.60. The number of rotatable bonds is 9. The molecule has 2 atom stereocenters. The minimum absolute atomic E-state index is 0.0583. The molecule has 1 aliphatic rings. The zero-order valence-electron chi connectivity index (χ0n) is 20.4. The van der Waals surface area contributed by atoms with Gasteiger partial charge in [-0.05, 0) is 43.7 Å². The van der Waals surface area contributed by atoms with Crippen LogP contribution in [0.2, 0.25) is 0 Å². The minimum atomic E-state index is -4.81. The summed E-state index contributed by atoms with van der Waals surface area (Å²) >= 11 is 0. The van der Waals surface area contributed by atoms with E-state index in [9.17, 15) is 22.8 Å². The summed E-state index contributed by atoms with van der Waals surface area (Å²) in [6.07, 6.45) is -7.29. The van der Waals surface area contributed by atoms with Gasteiger partial charge in [0.05, 0.1) is 18.5 Å². The van der Waals surface area contributed by atoms with Gasteiger partial charge >= 0.3 is 6.36 Å². The molecule has 0 bridgehead atoms. The molecule has 0 spiro atoms. The van der Waals surface area contributed by atoms with Crippen LogP contribution in [0.4, 0.5) is 17.6 Å². The van der Waals surface area contributed by atoms with Crippen molar-refractivity contribution in [1.82, 2.24) is 4.90 Å². The third-order valence-electron chi connectivity index (χ3n) is 5.45. The van der Waals surface area contributed by atoms with Crippen LogP contribution < -0.4 is 25.7 Å². The summed E-state index contributed by atoms with van der Waals surface area (Å²) < 4.78 is 67.2. The Labute approximate surface area is 211 Å². The summed E-state index contributed by atoms with van der Waals surface area (Å²) in [6.45, 7) is 3.68. The first-order valence-electron chi connectivity index (χ1n) is 11.5. The third-order valence-corrected chi connectivity index (χ3v) is 5.45. The molecule has 12 heteroatoms. The molecular weight excluding hydrogens is 498 g/mol. The van der Waals surface area contributed by atoms with E-state index < -0.39 is 35.8 Å². The molecule has 0 saturated carbocycles. The minimum Gasteiger partial charge on any atom is -0.492 e. The number of ether oxygens (including phenoxy) is 3. The fourth-order valence-electron chi connectivity index (χ4n) is 3.66.